The molecule has 0 radical (unpaired) electrons. The van der Waals surface area contributed by atoms with E-state index in [-0.39, 0.29) is 0 Å². The van der Waals surface area contributed by atoms with E-state index in [1.54, 1.807) is 6.20 Å². The first-order valence-corrected chi connectivity index (χ1v) is 11.4. The Bertz CT molecular complexity index is 1280. The fourth-order valence-corrected chi connectivity index (χ4v) is 4.99. The van der Waals surface area contributed by atoms with Crippen LogP contribution in [0.4, 0.5) is 23.1 Å². The highest BCUT2D eigenvalue weighted by atomic mass is 79.9. The average Bonchev–Trinajstić information content (AvgIpc) is 3.38. The standard InChI is InChI=1S/C20H18BrN7OS/c1-2-28(17-5-3-4-16-14(17)10-23-27-16)19-15(21)11-22-20(26-19)25-13-7-6-12-9-24-30(29)18(12)8-13/h3-8,10-11,24H,2,9H2,1H3,(H,23,27)(H,22,25,26). The monoisotopic (exact) mass is 483 g/mol. The van der Waals surface area contributed by atoms with Gasteiger partial charge in [0.1, 0.15) is 11.0 Å². The van der Waals surface area contributed by atoms with Crippen molar-refractivity contribution < 1.29 is 4.21 Å². The molecule has 5 rings (SSSR count). The molecule has 4 aromatic rings. The van der Waals surface area contributed by atoms with Crippen molar-refractivity contribution in [1.29, 1.82) is 0 Å². The number of aromatic nitrogens is 4. The highest BCUT2D eigenvalue weighted by Gasteiger charge is 2.19. The first kappa shape index (κ1) is 19.2. The Kier molecular flexibility index (Phi) is 4.97. The molecule has 0 saturated carbocycles. The number of nitrogens with one attached hydrogen (secondary N) is 3. The van der Waals surface area contributed by atoms with Gasteiger partial charge in [0.2, 0.25) is 5.95 Å². The van der Waals surface area contributed by atoms with E-state index in [9.17, 15) is 4.21 Å². The SMILES string of the molecule is CCN(c1nc(Nc2ccc3c(c2)S(=O)NC3)ncc1Br)c1cccc2[nH]ncc12. The third-order valence-corrected chi connectivity index (χ3v) is 6.71. The molecular formula is C20H18BrN7OS. The quantitative estimate of drug-likeness (QED) is 0.394. The molecule has 1 unspecified atom stereocenters. The van der Waals surface area contributed by atoms with Gasteiger partial charge in [0, 0.05) is 30.4 Å². The fraction of sp³-hybridized carbons (Fsp3) is 0.150. The van der Waals surface area contributed by atoms with Crippen molar-refractivity contribution in [2.24, 2.45) is 0 Å². The number of hydrogen-bond donors (Lipinski definition) is 3. The Labute approximate surface area is 183 Å². The molecule has 10 heteroatoms. The van der Waals surface area contributed by atoms with Gasteiger partial charge in [-0.1, -0.05) is 12.1 Å². The van der Waals surface area contributed by atoms with Crippen LogP contribution in [0, 0.1) is 0 Å². The van der Waals surface area contributed by atoms with Gasteiger partial charge in [-0.15, -0.1) is 0 Å². The molecule has 1 aliphatic rings. The summed E-state index contributed by atoms with van der Waals surface area (Å²) < 4.78 is 15.8. The van der Waals surface area contributed by atoms with E-state index in [2.05, 4.69) is 53.0 Å². The molecule has 2 aromatic carbocycles. The first-order valence-electron chi connectivity index (χ1n) is 9.41. The van der Waals surface area contributed by atoms with Crippen LogP contribution in [-0.2, 0) is 17.5 Å². The number of nitrogens with zero attached hydrogens (tertiary/aromatic N) is 4. The zero-order chi connectivity index (χ0) is 20.7. The van der Waals surface area contributed by atoms with E-state index in [0.29, 0.717) is 19.0 Å². The van der Waals surface area contributed by atoms with E-state index >= 15 is 0 Å². The zero-order valence-electron chi connectivity index (χ0n) is 16.0. The zero-order valence-corrected chi connectivity index (χ0v) is 18.4. The lowest BCUT2D eigenvalue weighted by Gasteiger charge is -2.24. The molecular weight excluding hydrogens is 466 g/mol. The normalized spacial score (nSPS) is 15.3. The number of benzene rings is 2. The lowest BCUT2D eigenvalue weighted by molar-refractivity contribution is 0.678. The molecule has 0 bridgehead atoms. The van der Waals surface area contributed by atoms with Crippen molar-refractivity contribution in [3.8, 4) is 0 Å². The van der Waals surface area contributed by atoms with Gasteiger partial charge in [-0.3, -0.25) is 5.10 Å². The van der Waals surface area contributed by atoms with E-state index in [0.717, 1.165) is 43.0 Å². The summed E-state index contributed by atoms with van der Waals surface area (Å²) in [6.45, 7) is 3.40. The second-order valence-corrected chi connectivity index (χ2v) is 8.88. The van der Waals surface area contributed by atoms with E-state index < -0.39 is 11.0 Å². The Morgan fingerprint density at radius 2 is 2.17 bits per heavy atom. The summed E-state index contributed by atoms with van der Waals surface area (Å²) in [6.07, 6.45) is 3.55. The van der Waals surface area contributed by atoms with Crippen LogP contribution in [-0.4, -0.2) is 30.9 Å². The lowest BCUT2D eigenvalue weighted by atomic mass is 10.2. The summed E-state index contributed by atoms with van der Waals surface area (Å²) in [5, 5.41) is 11.4. The summed E-state index contributed by atoms with van der Waals surface area (Å²) in [5.74, 6) is 1.21. The third-order valence-electron chi connectivity index (χ3n) is 4.97. The molecule has 1 atom stereocenters. The van der Waals surface area contributed by atoms with E-state index in [1.165, 1.54) is 0 Å². The van der Waals surface area contributed by atoms with Crippen LogP contribution in [0.2, 0.25) is 0 Å². The highest BCUT2D eigenvalue weighted by Crippen LogP contribution is 2.35. The van der Waals surface area contributed by atoms with Gasteiger partial charge in [-0.05, 0) is 52.7 Å². The minimum Gasteiger partial charge on any atom is -0.325 e. The van der Waals surface area contributed by atoms with Gasteiger partial charge in [0.15, 0.2) is 5.82 Å². The van der Waals surface area contributed by atoms with Crippen LogP contribution in [0.15, 0.2) is 58.2 Å². The average molecular weight is 484 g/mol. The van der Waals surface area contributed by atoms with Gasteiger partial charge in [-0.25, -0.2) is 13.9 Å². The summed E-state index contributed by atoms with van der Waals surface area (Å²) >= 11 is 3.59. The van der Waals surface area contributed by atoms with Crippen LogP contribution in [0.1, 0.15) is 12.5 Å². The van der Waals surface area contributed by atoms with E-state index in [1.807, 2.05) is 42.6 Å². The smallest absolute Gasteiger partial charge is 0.229 e. The van der Waals surface area contributed by atoms with Gasteiger partial charge in [0.25, 0.3) is 0 Å². The third kappa shape index (κ3) is 3.36. The van der Waals surface area contributed by atoms with Crippen LogP contribution >= 0.6 is 15.9 Å². The highest BCUT2D eigenvalue weighted by molar-refractivity contribution is 9.10. The minimum atomic E-state index is -1.17. The molecule has 0 fully saturated rings. The van der Waals surface area contributed by atoms with Crippen LogP contribution in [0.5, 0.6) is 0 Å². The van der Waals surface area contributed by atoms with Crippen LogP contribution in [0.25, 0.3) is 10.9 Å². The first-order chi connectivity index (χ1) is 14.6. The van der Waals surface area contributed by atoms with Gasteiger partial charge in [0.05, 0.1) is 26.8 Å². The van der Waals surface area contributed by atoms with Crippen LogP contribution in [0.3, 0.4) is 0 Å². The topological polar surface area (TPSA) is 98.8 Å². The Morgan fingerprint density at radius 1 is 1.27 bits per heavy atom. The predicted molar refractivity (Wildman–Crippen MR) is 121 cm³/mol. The molecule has 3 N–H and O–H groups in total. The maximum absolute atomic E-state index is 12.1. The Morgan fingerprint density at radius 3 is 3.03 bits per heavy atom. The van der Waals surface area contributed by atoms with Gasteiger partial charge < -0.3 is 10.2 Å². The largest absolute Gasteiger partial charge is 0.325 e. The molecule has 0 aliphatic carbocycles. The number of hydrogen-bond acceptors (Lipinski definition) is 6. The molecule has 0 amide bonds. The molecule has 3 heterocycles. The molecule has 8 nitrogen and oxygen atoms in total. The maximum Gasteiger partial charge on any atom is 0.229 e. The van der Waals surface area contributed by atoms with E-state index in [4.69, 9.17) is 4.98 Å². The minimum absolute atomic E-state index is 0.461. The summed E-state index contributed by atoms with van der Waals surface area (Å²) in [6, 6.07) is 11.8. The molecule has 1 aliphatic heterocycles. The molecule has 30 heavy (non-hydrogen) atoms. The van der Waals surface area contributed by atoms with Crippen molar-refractivity contribution >= 4 is 61.0 Å². The predicted octanol–water partition coefficient (Wildman–Crippen LogP) is 4.14. The Hall–Kier alpha value is -2.82. The fourth-order valence-electron chi connectivity index (χ4n) is 3.53. The maximum atomic E-state index is 12.1. The summed E-state index contributed by atoms with van der Waals surface area (Å²) in [4.78, 5) is 12.1. The van der Waals surface area contributed by atoms with Crippen molar-refractivity contribution in [3.05, 3.63) is 58.8 Å². The van der Waals surface area contributed by atoms with Crippen molar-refractivity contribution in [3.63, 3.8) is 0 Å². The number of H-pyrrole nitrogens is 1. The number of anilines is 4. The molecule has 2 aromatic heterocycles. The second kappa shape index (κ2) is 7.78. The van der Waals surface area contributed by atoms with Crippen molar-refractivity contribution in [1.82, 2.24) is 24.9 Å². The molecule has 152 valence electrons. The van der Waals surface area contributed by atoms with Gasteiger partial charge in [-0.2, -0.15) is 10.1 Å². The van der Waals surface area contributed by atoms with Crippen molar-refractivity contribution in [2.75, 3.05) is 16.8 Å². The number of halogens is 1. The number of rotatable bonds is 5. The number of fused-ring (bicyclic) bond motifs is 2. The lowest BCUT2D eigenvalue weighted by Crippen LogP contribution is -2.19. The van der Waals surface area contributed by atoms with Gasteiger partial charge >= 0.3 is 0 Å². The summed E-state index contributed by atoms with van der Waals surface area (Å²) in [5.41, 5.74) is 3.81. The second-order valence-electron chi connectivity index (χ2n) is 6.76. The van der Waals surface area contributed by atoms with Crippen LogP contribution < -0.4 is 14.9 Å². The molecule has 0 spiro atoms. The number of aromatic amines is 1. The molecule has 0 saturated heterocycles. The summed E-state index contributed by atoms with van der Waals surface area (Å²) in [7, 11) is -1.17. The Balaban J connectivity index is 1.51. The van der Waals surface area contributed by atoms with Crippen molar-refractivity contribution in [2.45, 2.75) is 18.4 Å².